The summed E-state index contributed by atoms with van der Waals surface area (Å²) in [7, 11) is 0. The highest BCUT2D eigenvalue weighted by molar-refractivity contribution is 9.10. The molecule has 0 heterocycles. The van der Waals surface area contributed by atoms with Crippen LogP contribution < -0.4 is 5.32 Å². The first kappa shape index (κ1) is 18.6. The lowest BCUT2D eigenvalue weighted by Gasteiger charge is -2.28. The molecule has 3 heteroatoms. The zero-order valence-electron chi connectivity index (χ0n) is 13.6. The quantitative estimate of drug-likeness (QED) is 0.564. The van der Waals surface area contributed by atoms with Gasteiger partial charge in [0.1, 0.15) is 5.82 Å². The fraction of sp³-hybridized carbons (Fsp3) is 0.667. The van der Waals surface area contributed by atoms with Gasteiger partial charge in [-0.15, -0.1) is 0 Å². The van der Waals surface area contributed by atoms with E-state index in [9.17, 15) is 4.39 Å². The predicted molar refractivity (Wildman–Crippen MR) is 93.2 cm³/mol. The van der Waals surface area contributed by atoms with E-state index in [1.807, 2.05) is 6.07 Å². The molecule has 0 amide bonds. The molecule has 0 aromatic heterocycles. The SMILES string of the molecule is CCCCC(CC)C(Cc1cc(Br)ccc1F)NCCC. The van der Waals surface area contributed by atoms with Crippen LogP contribution in [-0.4, -0.2) is 12.6 Å². The van der Waals surface area contributed by atoms with E-state index in [0.717, 1.165) is 35.8 Å². The van der Waals surface area contributed by atoms with Gasteiger partial charge in [0.15, 0.2) is 0 Å². The summed E-state index contributed by atoms with van der Waals surface area (Å²) in [6.07, 6.45) is 6.74. The van der Waals surface area contributed by atoms with Crippen molar-refractivity contribution in [3.8, 4) is 0 Å². The molecule has 1 nitrogen and oxygen atoms in total. The zero-order valence-corrected chi connectivity index (χ0v) is 15.2. The van der Waals surface area contributed by atoms with Gasteiger partial charge in [0, 0.05) is 10.5 Å². The second-order valence-corrected chi connectivity index (χ2v) is 6.73. The molecule has 1 aromatic carbocycles. The number of rotatable bonds is 10. The van der Waals surface area contributed by atoms with E-state index in [4.69, 9.17) is 0 Å². The molecular formula is C18H29BrFN. The first-order chi connectivity index (χ1) is 10.1. The lowest BCUT2D eigenvalue weighted by atomic mass is 9.87. The molecule has 21 heavy (non-hydrogen) atoms. The van der Waals surface area contributed by atoms with Gasteiger partial charge in [-0.1, -0.05) is 56.0 Å². The van der Waals surface area contributed by atoms with E-state index in [2.05, 4.69) is 42.0 Å². The van der Waals surface area contributed by atoms with Crippen molar-refractivity contribution in [3.63, 3.8) is 0 Å². The van der Waals surface area contributed by atoms with Gasteiger partial charge in [0.25, 0.3) is 0 Å². The van der Waals surface area contributed by atoms with E-state index in [1.54, 1.807) is 12.1 Å². The van der Waals surface area contributed by atoms with Crippen LogP contribution in [0.1, 0.15) is 58.4 Å². The maximum Gasteiger partial charge on any atom is 0.126 e. The van der Waals surface area contributed by atoms with Crippen LogP contribution in [0.5, 0.6) is 0 Å². The molecule has 0 spiro atoms. The summed E-state index contributed by atoms with van der Waals surface area (Å²) >= 11 is 3.45. The monoisotopic (exact) mass is 357 g/mol. The van der Waals surface area contributed by atoms with Gasteiger partial charge in [0.2, 0.25) is 0 Å². The minimum absolute atomic E-state index is 0.0909. The molecule has 0 saturated carbocycles. The number of unbranched alkanes of at least 4 members (excludes halogenated alkanes) is 1. The van der Waals surface area contributed by atoms with Crippen molar-refractivity contribution >= 4 is 15.9 Å². The average molecular weight is 358 g/mol. The second-order valence-electron chi connectivity index (χ2n) is 5.81. The van der Waals surface area contributed by atoms with E-state index in [-0.39, 0.29) is 5.82 Å². The molecule has 0 aliphatic rings. The number of nitrogens with one attached hydrogen (secondary N) is 1. The average Bonchev–Trinajstić information content (AvgIpc) is 2.48. The Bertz CT molecular complexity index is 408. The topological polar surface area (TPSA) is 12.0 Å². The largest absolute Gasteiger partial charge is 0.313 e. The van der Waals surface area contributed by atoms with E-state index < -0.39 is 0 Å². The Morgan fingerprint density at radius 2 is 1.95 bits per heavy atom. The number of benzene rings is 1. The standard InChI is InChI=1S/C18H29BrFN/c1-4-7-8-14(6-3)18(21-11-5-2)13-15-12-16(19)9-10-17(15)20/h9-10,12,14,18,21H,4-8,11,13H2,1-3H3. The zero-order chi connectivity index (χ0) is 15.7. The Kier molecular flexibility index (Phi) is 9.18. The van der Waals surface area contributed by atoms with Crippen molar-refractivity contribution in [1.82, 2.24) is 5.32 Å². The maximum atomic E-state index is 14.0. The number of halogens is 2. The van der Waals surface area contributed by atoms with Gasteiger partial charge in [-0.3, -0.25) is 0 Å². The van der Waals surface area contributed by atoms with Gasteiger partial charge in [0.05, 0.1) is 0 Å². The highest BCUT2D eigenvalue weighted by Gasteiger charge is 2.20. The molecule has 0 fully saturated rings. The molecule has 120 valence electrons. The van der Waals surface area contributed by atoms with Crippen molar-refractivity contribution in [2.24, 2.45) is 5.92 Å². The Morgan fingerprint density at radius 1 is 1.19 bits per heavy atom. The maximum absolute atomic E-state index is 14.0. The van der Waals surface area contributed by atoms with Crippen molar-refractivity contribution in [1.29, 1.82) is 0 Å². The number of hydrogen-bond donors (Lipinski definition) is 1. The van der Waals surface area contributed by atoms with Crippen molar-refractivity contribution < 1.29 is 4.39 Å². The summed E-state index contributed by atoms with van der Waals surface area (Å²) in [5.74, 6) is 0.529. The molecular weight excluding hydrogens is 329 g/mol. The van der Waals surface area contributed by atoms with Gasteiger partial charge in [-0.05, 0) is 55.5 Å². The van der Waals surface area contributed by atoms with Gasteiger partial charge >= 0.3 is 0 Å². The Labute approximate surface area is 137 Å². The molecule has 0 aliphatic carbocycles. The van der Waals surface area contributed by atoms with Crippen LogP contribution in [0.4, 0.5) is 4.39 Å². The Balaban J connectivity index is 2.82. The van der Waals surface area contributed by atoms with Crippen molar-refractivity contribution in [2.45, 2.75) is 65.3 Å². The summed E-state index contributed by atoms with van der Waals surface area (Å²) in [6, 6.07) is 5.61. The minimum Gasteiger partial charge on any atom is -0.313 e. The predicted octanol–water partition coefficient (Wildman–Crippen LogP) is 5.72. The fourth-order valence-electron chi connectivity index (χ4n) is 2.83. The number of hydrogen-bond acceptors (Lipinski definition) is 1. The normalized spacial score (nSPS) is 14.1. The summed E-state index contributed by atoms with van der Waals surface area (Å²) in [4.78, 5) is 0. The highest BCUT2D eigenvalue weighted by atomic mass is 79.9. The molecule has 2 unspecified atom stereocenters. The van der Waals surface area contributed by atoms with Crippen LogP contribution in [0, 0.1) is 11.7 Å². The second kappa shape index (κ2) is 10.3. The molecule has 1 aromatic rings. The van der Waals surface area contributed by atoms with Gasteiger partial charge in [-0.25, -0.2) is 4.39 Å². The van der Waals surface area contributed by atoms with Crippen molar-refractivity contribution in [3.05, 3.63) is 34.1 Å². The molecule has 1 N–H and O–H groups in total. The molecule has 0 saturated heterocycles. The molecule has 0 radical (unpaired) electrons. The van der Waals surface area contributed by atoms with E-state index in [1.165, 1.54) is 19.3 Å². The van der Waals surface area contributed by atoms with Crippen LogP contribution in [0.25, 0.3) is 0 Å². The molecule has 0 aliphatic heterocycles. The molecule has 2 atom stereocenters. The Morgan fingerprint density at radius 3 is 2.57 bits per heavy atom. The van der Waals surface area contributed by atoms with Gasteiger partial charge < -0.3 is 5.32 Å². The third kappa shape index (κ3) is 6.48. The molecule has 0 bridgehead atoms. The summed E-state index contributed by atoms with van der Waals surface area (Å²) in [5, 5.41) is 3.64. The third-order valence-corrected chi connectivity index (χ3v) is 4.62. The van der Waals surface area contributed by atoms with Gasteiger partial charge in [-0.2, -0.15) is 0 Å². The lowest BCUT2D eigenvalue weighted by molar-refractivity contribution is 0.313. The van der Waals surface area contributed by atoms with Crippen LogP contribution in [0.2, 0.25) is 0 Å². The first-order valence-electron chi connectivity index (χ1n) is 8.29. The fourth-order valence-corrected chi connectivity index (χ4v) is 3.24. The van der Waals surface area contributed by atoms with Crippen molar-refractivity contribution in [2.75, 3.05) is 6.54 Å². The minimum atomic E-state index is -0.0909. The van der Waals surface area contributed by atoms with Crippen LogP contribution in [-0.2, 0) is 6.42 Å². The van der Waals surface area contributed by atoms with E-state index in [0.29, 0.717) is 12.0 Å². The van der Waals surface area contributed by atoms with E-state index >= 15 is 0 Å². The smallest absolute Gasteiger partial charge is 0.126 e. The summed E-state index contributed by atoms with van der Waals surface area (Å²) in [6.45, 7) is 7.66. The Hall–Kier alpha value is -0.410. The molecule has 1 rings (SSSR count). The highest BCUT2D eigenvalue weighted by Crippen LogP contribution is 2.23. The van der Waals surface area contributed by atoms with Crippen LogP contribution in [0.3, 0.4) is 0 Å². The van der Waals surface area contributed by atoms with Crippen LogP contribution >= 0.6 is 15.9 Å². The lowest BCUT2D eigenvalue weighted by Crippen LogP contribution is -2.38. The van der Waals surface area contributed by atoms with Crippen LogP contribution in [0.15, 0.2) is 22.7 Å². The summed E-state index contributed by atoms with van der Waals surface area (Å²) < 4.78 is 15.0. The summed E-state index contributed by atoms with van der Waals surface area (Å²) in [5.41, 5.74) is 0.813. The third-order valence-electron chi connectivity index (χ3n) is 4.13. The first-order valence-corrected chi connectivity index (χ1v) is 9.08.